The Bertz CT molecular complexity index is 386. The molecule has 1 heterocycles. The van der Waals surface area contributed by atoms with E-state index in [0.29, 0.717) is 11.7 Å². The second-order valence-electron chi connectivity index (χ2n) is 4.04. The zero-order valence-corrected chi connectivity index (χ0v) is 11.8. The monoisotopic (exact) mass is 271 g/mol. The van der Waals surface area contributed by atoms with Gasteiger partial charge in [-0.05, 0) is 26.7 Å². The first-order chi connectivity index (χ1) is 8.24. The minimum atomic E-state index is 0.183. The van der Waals surface area contributed by atoms with Crippen molar-refractivity contribution in [2.75, 3.05) is 18.8 Å². The normalized spacial score (nSPS) is 14.9. The Kier molecular flexibility index (Phi) is 4.39. The van der Waals surface area contributed by atoms with E-state index in [2.05, 4.69) is 10.2 Å². The van der Waals surface area contributed by atoms with Gasteiger partial charge < -0.3 is 4.90 Å². The Labute approximate surface area is 110 Å². The number of hydrogen-bond acceptors (Lipinski definition) is 5. The lowest BCUT2D eigenvalue weighted by Crippen LogP contribution is -2.31. The average molecular weight is 271 g/mol. The summed E-state index contributed by atoms with van der Waals surface area (Å²) in [5, 5.41) is 9.43. The van der Waals surface area contributed by atoms with Crippen LogP contribution in [-0.4, -0.2) is 39.8 Å². The highest BCUT2D eigenvalue weighted by Crippen LogP contribution is 2.42. The van der Waals surface area contributed by atoms with E-state index in [9.17, 15) is 4.79 Å². The molecule has 0 atom stereocenters. The summed E-state index contributed by atoms with van der Waals surface area (Å²) < 4.78 is 0.924. The van der Waals surface area contributed by atoms with Gasteiger partial charge in [0.05, 0.1) is 5.75 Å². The lowest BCUT2D eigenvalue weighted by atomic mass is 10.5. The third-order valence-electron chi connectivity index (χ3n) is 2.78. The van der Waals surface area contributed by atoms with Crippen molar-refractivity contribution < 1.29 is 4.79 Å². The van der Waals surface area contributed by atoms with Crippen molar-refractivity contribution in [2.45, 2.75) is 36.9 Å². The van der Waals surface area contributed by atoms with Gasteiger partial charge in [0.1, 0.15) is 5.01 Å². The van der Waals surface area contributed by atoms with Gasteiger partial charge in [-0.15, -0.1) is 10.2 Å². The van der Waals surface area contributed by atoms with Gasteiger partial charge in [-0.1, -0.05) is 23.1 Å². The maximum Gasteiger partial charge on any atom is 0.233 e. The third-order valence-corrected chi connectivity index (χ3v) is 4.99. The number of rotatable bonds is 6. The van der Waals surface area contributed by atoms with E-state index in [1.807, 2.05) is 18.7 Å². The Balaban J connectivity index is 1.82. The van der Waals surface area contributed by atoms with E-state index >= 15 is 0 Å². The quantitative estimate of drug-likeness (QED) is 0.745. The summed E-state index contributed by atoms with van der Waals surface area (Å²) in [4.78, 5) is 13.6. The highest BCUT2D eigenvalue weighted by atomic mass is 32.2. The fourth-order valence-electron chi connectivity index (χ4n) is 1.57. The average Bonchev–Trinajstić information content (AvgIpc) is 3.08. The number of aromatic nitrogens is 2. The van der Waals surface area contributed by atoms with E-state index in [-0.39, 0.29) is 5.91 Å². The molecule has 1 aromatic rings. The number of nitrogens with zero attached hydrogens (tertiary/aromatic N) is 3. The summed E-state index contributed by atoms with van der Waals surface area (Å²) in [6.07, 6.45) is 2.50. The van der Waals surface area contributed by atoms with E-state index in [0.717, 1.165) is 22.4 Å². The van der Waals surface area contributed by atoms with Crippen LogP contribution in [0.5, 0.6) is 0 Å². The summed E-state index contributed by atoms with van der Waals surface area (Å²) >= 11 is 3.15. The molecule has 1 aromatic heterocycles. The molecular weight excluding hydrogens is 254 g/mol. The van der Waals surface area contributed by atoms with Gasteiger partial charge in [-0.2, -0.15) is 0 Å². The van der Waals surface area contributed by atoms with Gasteiger partial charge >= 0.3 is 0 Å². The van der Waals surface area contributed by atoms with Crippen molar-refractivity contribution in [1.29, 1.82) is 0 Å². The summed E-state index contributed by atoms with van der Waals surface area (Å²) in [6, 6.07) is 0. The molecule has 2 rings (SSSR count). The van der Waals surface area contributed by atoms with Gasteiger partial charge in [0.25, 0.3) is 0 Å². The molecule has 0 radical (unpaired) electrons. The summed E-state index contributed by atoms with van der Waals surface area (Å²) in [5.74, 6) is 1.31. The lowest BCUT2D eigenvalue weighted by molar-refractivity contribution is -0.127. The van der Waals surface area contributed by atoms with Crippen LogP contribution in [0.1, 0.15) is 37.6 Å². The first-order valence-electron chi connectivity index (χ1n) is 5.98. The molecule has 1 aliphatic rings. The van der Waals surface area contributed by atoms with Crippen LogP contribution in [0.4, 0.5) is 0 Å². The molecule has 17 heavy (non-hydrogen) atoms. The van der Waals surface area contributed by atoms with Gasteiger partial charge in [0.15, 0.2) is 4.34 Å². The molecule has 0 spiro atoms. The molecule has 1 saturated carbocycles. The van der Waals surface area contributed by atoms with Gasteiger partial charge in [-0.25, -0.2) is 0 Å². The van der Waals surface area contributed by atoms with E-state index < -0.39 is 0 Å². The van der Waals surface area contributed by atoms with Gasteiger partial charge in [-0.3, -0.25) is 4.79 Å². The molecule has 0 unspecified atom stereocenters. The highest BCUT2D eigenvalue weighted by Gasteiger charge is 2.27. The molecule has 0 aliphatic heterocycles. The Morgan fingerprint density at radius 3 is 2.71 bits per heavy atom. The second-order valence-corrected chi connectivity index (χ2v) is 6.27. The molecule has 0 saturated heterocycles. The molecule has 6 heteroatoms. The van der Waals surface area contributed by atoms with Crippen LogP contribution in [0.2, 0.25) is 0 Å². The molecular formula is C11H17N3OS2. The fourth-order valence-corrected chi connectivity index (χ4v) is 3.51. The van der Waals surface area contributed by atoms with Gasteiger partial charge in [0.2, 0.25) is 5.91 Å². The van der Waals surface area contributed by atoms with Crippen LogP contribution in [0.3, 0.4) is 0 Å². The Morgan fingerprint density at radius 1 is 1.41 bits per heavy atom. The molecule has 94 valence electrons. The predicted molar refractivity (Wildman–Crippen MR) is 70.5 cm³/mol. The summed E-state index contributed by atoms with van der Waals surface area (Å²) in [5.41, 5.74) is 0. The maximum atomic E-state index is 11.8. The number of amides is 1. The Hall–Kier alpha value is -0.620. The SMILES string of the molecule is CCN(CC)C(=O)CSc1nnc(C2CC2)s1. The number of hydrogen-bond donors (Lipinski definition) is 0. The smallest absolute Gasteiger partial charge is 0.233 e. The number of thioether (sulfide) groups is 1. The van der Waals surface area contributed by atoms with E-state index in [1.165, 1.54) is 24.6 Å². The molecule has 1 fully saturated rings. The molecule has 0 N–H and O–H groups in total. The van der Waals surface area contributed by atoms with Crippen LogP contribution < -0.4 is 0 Å². The second kappa shape index (κ2) is 5.82. The first-order valence-corrected chi connectivity index (χ1v) is 7.78. The molecule has 1 amide bonds. The zero-order chi connectivity index (χ0) is 12.3. The van der Waals surface area contributed by atoms with Crippen LogP contribution >= 0.6 is 23.1 Å². The Morgan fingerprint density at radius 2 is 2.12 bits per heavy atom. The van der Waals surface area contributed by atoms with E-state index in [4.69, 9.17) is 0 Å². The van der Waals surface area contributed by atoms with Crippen molar-refractivity contribution in [1.82, 2.24) is 15.1 Å². The first kappa shape index (κ1) is 12.8. The molecule has 0 bridgehead atoms. The number of carbonyl (C=O) groups excluding carboxylic acids is 1. The van der Waals surface area contributed by atoms with Crippen LogP contribution in [0.15, 0.2) is 4.34 Å². The zero-order valence-electron chi connectivity index (χ0n) is 10.2. The highest BCUT2D eigenvalue weighted by molar-refractivity contribution is 8.01. The maximum absolute atomic E-state index is 11.8. The number of carbonyl (C=O) groups is 1. The van der Waals surface area contributed by atoms with Crippen LogP contribution in [-0.2, 0) is 4.79 Å². The third kappa shape index (κ3) is 3.42. The minimum absolute atomic E-state index is 0.183. The van der Waals surface area contributed by atoms with Crippen molar-refractivity contribution in [2.24, 2.45) is 0 Å². The van der Waals surface area contributed by atoms with Gasteiger partial charge in [0, 0.05) is 19.0 Å². The summed E-state index contributed by atoms with van der Waals surface area (Å²) in [7, 11) is 0. The van der Waals surface area contributed by atoms with Crippen LogP contribution in [0.25, 0.3) is 0 Å². The van der Waals surface area contributed by atoms with Crippen molar-refractivity contribution in [3.63, 3.8) is 0 Å². The fraction of sp³-hybridized carbons (Fsp3) is 0.727. The van der Waals surface area contributed by atoms with Crippen molar-refractivity contribution in [3.05, 3.63) is 5.01 Å². The van der Waals surface area contributed by atoms with E-state index in [1.54, 1.807) is 11.3 Å². The lowest BCUT2D eigenvalue weighted by Gasteiger charge is -2.17. The van der Waals surface area contributed by atoms with Crippen LogP contribution in [0, 0.1) is 0 Å². The molecule has 4 nitrogen and oxygen atoms in total. The largest absolute Gasteiger partial charge is 0.343 e. The predicted octanol–water partition coefficient (Wildman–Crippen LogP) is 2.38. The topological polar surface area (TPSA) is 46.1 Å². The van der Waals surface area contributed by atoms with Crippen molar-refractivity contribution >= 4 is 29.0 Å². The minimum Gasteiger partial charge on any atom is -0.343 e. The van der Waals surface area contributed by atoms with Crippen molar-refractivity contribution in [3.8, 4) is 0 Å². The summed E-state index contributed by atoms with van der Waals surface area (Å²) in [6.45, 7) is 5.56. The molecule has 0 aromatic carbocycles. The standard InChI is InChI=1S/C11H17N3OS2/c1-3-14(4-2)9(15)7-16-11-13-12-10(17-11)8-5-6-8/h8H,3-7H2,1-2H3. The molecule has 1 aliphatic carbocycles.